The summed E-state index contributed by atoms with van der Waals surface area (Å²) < 4.78 is 4.38. The van der Waals surface area contributed by atoms with Crippen LogP contribution in [-0.4, -0.2) is 4.37 Å². The Bertz CT molecular complexity index is 390. The van der Waals surface area contributed by atoms with Gasteiger partial charge in [0.15, 0.2) is 0 Å². The fourth-order valence-electron chi connectivity index (χ4n) is 1.33. The van der Waals surface area contributed by atoms with Crippen LogP contribution < -0.4 is 0 Å². The highest BCUT2D eigenvalue weighted by Crippen LogP contribution is 2.28. The molecule has 0 amide bonds. The van der Waals surface area contributed by atoms with Gasteiger partial charge in [-0.2, -0.15) is 4.37 Å². The van der Waals surface area contributed by atoms with E-state index in [4.69, 9.17) is 0 Å². The van der Waals surface area contributed by atoms with Gasteiger partial charge in [-0.3, -0.25) is 0 Å². The molecule has 1 heterocycles. The molecule has 2 aromatic rings. The van der Waals surface area contributed by atoms with Gasteiger partial charge in [0.1, 0.15) is 0 Å². The van der Waals surface area contributed by atoms with E-state index in [1.54, 1.807) is 11.5 Å². The zero-order chi connectivity index (χ0) is 10.6. The lowest BCUT2D eigenvalue weighted by atomic mass is 10.1. The minimum absolute atomic E-state index is 0.586. The lowest BCUT2D eigenvalue weighted by Gasteiger charge is -1.98. The molecule has 1 aromatic carbocycles. The number of hydrogen-bond donors (Lipinski definition) is 0. The van der Waals surface area contributed by atoms with Crippen LogP contribution in [0.1, 0.15) is 38.5 Å². The summed E-state index contributed by atoms with van der Waals surface area (Å²) >= 11 is 1.62. The lowest BCUT2D eigenvalue weighted by molar-refractivity contribution is 0.897. The predicted octanol–water partition coefficient (Wildman–Crippen LogP) is 4.45. The number of benzene rings is 1. The maximum Gasteiger partial charge on any atom is 0.0843 e. The topological polar surface area (TPSA) is 12.9 Å². The average molecular weight is 207 g/mol. The highest BCUT2D eigenvalue weighted by Gasteiger charge is 2.07. The molecule has 0 aliphatic rings. The van der Waals surface area contributed by atoms with Gasteiger partial charge >= 0.3 is 0 Å². The second-order valence-corrected chi connectivity index (χ2v) is 4.02. The van der Waals surface area contributed by atoms with Crippen molar-refractivity contribution in [3.05, 3.63) is 29.1 Å². The fraction of sp³-hybridized carbons (Fsp3) is 0.417. The summed E-state index contributed by atoms with van der Waals surface area (Å²) in [5.41, 5.74) is 1.13. The Balaban J connectivity index is 0.000000461. The van der Waals surface area contributed by atoms with Crippen LogP contribution in [0.25, 0.3) is 10.9 Å². The third-order valence-electron chi connectivity index (χ3n) is 1.94. The number of hydrogen-bond acceptors (Lipinski definition) is 2. The van der Waals surface area contributed by atoms with Gasteiger partial charge in [-0.05, 0) is 23.5 Å². The standard InChI is InChI=1S/C10H11NS.C2H6/c1-7(2)10-8-5-3-4-6-9(8)11-12-10;1-2/h3-7H,1-2H3;1-2H3. The van der Waals surface area contributed by atoms with Crippen LogP contribution in [0.4, 0.5) is 0 Å². The molecule has 0 radical (unpaired) electrons. The molecular formula is C12H17NS. The van der Waals surface area contributed by atoms with Crippen LogP contribution in [-0.2, 0) is 0 Å². The quantitative estimate of drug-likeness (QED) is 0.673. The van der Waals surface area contributed by atoms with Crippen LogP contribution in [0.2, 0.25) is 0 Å². The summed E-state index contributed by atoms with van der Waals surface area (Å²) in [6.45, 7) is 8.42. The van der Waals surface area contributed by atoms with E-state index < -0.39 is 0 Å². The maximum absolute atomic E-state index is 4.38. The molecule has 14 heavy (non-hydrogen) atoms. The van der Waals surface area contributed by atoms with E-state index in [0.717, 1.165) is 5.52 Å². The summed E-state index contributed by atoms with van der Waals surface area (Å²) in [5.74, 6) is 0.586. The van der Waals surface area contributed by atoms with Crippen molar-refractivity contribution < 1.29 is 0 Å². The molecule has 0 aliphatic carbocycles. The van der Waals surface area contributed by atoms with E-state index in [-0.39, 0.29) is 0 Å². The van der Waals surface area contributed by atoms with Crippen molar-refractivity contribution in [1.82, 2.24) is 4.37 Å². The summed E-state index contributed by atoms with van der Waals surface area (Å²) in [4.78, 5) is 1.39. The molecule has 1 aromatic heterocycles. The maximum atomic E-state index is 4.38. The number of rotatable bonds is 1. The van der Waals surface area contributed by atoms with Crippen molar-refractivity contribution in [2.45, 2.75) is 33.6 Å². The van der Waals surface area contributed by atoms with E-state index in [0.29, 0.717) is 5.92 Å². The summed E-state index contributed by atoms with van der Waals surface area (Å²) in [5, 5.41) is 1.32. The van der Waals surface area contributed by atoms with Gasteiger partial charge in [-0.25, -0.2) is 0 Å². The second kappa shape index (κ2) is 5.11. The molecule has 0 fully saturated rings. The highest BCUT2D eigenvalue weighted by atomic mass is 32.1. The molecule has 0 aliphatic heterocycles. The van der Waals surface area contributed by atoms with Crippen molar-refractivity contribution in [2.75, 3.05) is 0 Å². The summed E-state index contributed by atoms with van der Waals surface area (Å²) in [6, 6.07) is 8.32. The smallest absolute Gasteiger partial charge is 0.0843 e. The second-order valence-electron chi connectivity index (χ2n) is 3.22. The van der Waals surface area contributed by atoms with Gasteiger partial charge < -0.3 is 0 Å². The third kappa shape index (κ3) is 2.13. The van der Waals surface area contributed by atoms with Gasteiger partial charge in [0.05, 0.1) is 5.52 Å². The van der Waals surface area contributed by atoms with Gasteiger partial charge in [-0.15, -0.1) is 0 Å². The number of fused-ring (bicyclic) bond motifs is 1. The molecule has 0 saturated carbocycles. The first-order valence-corrected chi connectivity index (χ1v) is 5.90. The van der Waals surface area contributed by atoms with E-state index in [9.17, 15) is 0 Å². The Kier molecular flexibility index (Phi) is 4.08. The van der Waals surface area contributed by atoms with E-state index in [2.05, 4.69) is 36.4 Å². The Morgan fingerprint density at radius 1 is 1.14 bits per heavy atom. The number of nitrogens with zero attached hydrogens (tertiary/aromatic N) is 1. The van der Waals surface area contributed by atoms with Crippen molar-refractivity contribution >= 4 is 22.4 Å². The van der Waals surface area contributed by atoms with Gasteiger partial charge in [0.25, 0.3) is 0 Å². The predicted molar refractivity (Wildman–Crippen MR) is 65.1 cm³/mol. The van der Waals surface area contributed by atoms with Crippen LogP contribution in [0.15, 0.2) is 24.3 Å². The molecule has 0 bridgehead atoms. The zero-order valence-corrected chi connectivity index (χ0v) is 10.1. The fourth-order valence-corrected chi connectivity index (χ4v) is 2.16. The Hall–Kier alpha value is -0.890. The third-order valence-corrected chi connectivity index (χ3v) is 3.11. The summed E-state index contributed by atoms with van der Waals surface area (Å²) in [6.07, 6.45) is 0. The van der Waals surface area contributed by atoms with E-state index in [1.807, 2.05) is 19.9 Å². The van der Waals surface area contributed by atoms with Crippen molar-refractivity contribution in [3.8, 4) is 0 Å². The van der Waals surface area contributed by atoms with E-state index in [1.165, 1.54) is 10.3 Å². The largest absolute Gasteiger partial charge is 0.192 e. The number of aromatic nitrogens is 1. The monoisotopic (exact) mass is 207 g/mol. The Morgan fingerprint density at radius 3 is 2.43 bits per heavy atom. The first kappa shape index (κ1) is 11.2. The molecule has 0 saturated heterocycles. The minimum Gasteiger partial charge on any atom is -0.192 e. The first-order chi connectivity index (χ1) is 6.79. The molecule has 2 rings (SSSR count). The SMILES string of the molecule is CC.CC(C)c1snc2ccccc12. The van der Waals surface area contributed by atoms with Gasteiger partial charge in [-0.1, -0.05) is 45.9 Å². The Labute approximate surface area is 89.9 Å². The van der Waals surface area contributed by atoms with Gasteiger partial charge in [0.2, 0.25) is 0 Å². The van der Waals surface area contributed by atoms with Crippen LogP contribution in [0.5, 0.6) is 0 Å². The zero-order valence-electron chi connectivity index (χ0n) is 9.24. The van der Waals surface area contributed by atoms with Crippen LogP contribution in [0.3, 0.4) is 0 Å². The van der Waals surface area contributed by atoms with Crippen LogP contribution >= 0.6 is 11.5 Å². The Morgan fingerprint density at radius 2 is 1.79 bits per heavy atom. The van der Waals surface area contributed by atoms with Crippen molar-refractivity contribution in [2.24, 2.45) is 0 Å². The molecule has 0 spiro atoms. The van der Waals surface area contributed by atoms with Crippen molar-refractivity contribution in [1.29, 1.82) is 0 Å². The molecule has 0 atom stereocenters. The average Bonchev–Trinajstić information content (AvgIpc) is 2.64. The molecular weight excluding hydrogens is 190 g/mol. The molecule has 0 N–H and O–H groups in total. The molecule has 76 valence electrons. The highest BCUT2D eigenvalue weighted by molar-refractivity contribution is 7.07. The van der Waals surface area contributed by atoms with Crippen LogP contribution in [0, 0.1) is 0 Å². The molecule has 2 heteroatoms. The summed E-state index contributed by atoms with van der Waals surface area (Å²) in [7, 11) is 0. The molecule has 1 nitrogen and oxygen atoms in total. The first-order valence-electron chi connectivity index (χ1n) is 5.13. The lowest BCUT2D eigenvalue weighted by Crippen LogP contribution is -1.80. The van der Waals surface area contributed by atoms with Gasteiger partial charge in [0, 0.05) is 10.3 Å². The molecule has 0 unspecified atom stereocenters. The van der Waals surface area contributed by atoms with E-state index >= 15 is 0 Å². The van der Waals surface area contributed by atoms with Crippen molar-refractivity contribution in [3.63, 3.8) is 0 Å². The normalized spacial score (nSPS) is 10.1. The minimum atomic E-state index is 0.586.